The van der Waals surface area contributed by atoms with Gasteiger partial charge in [0, 0.05) is 55.4 Å². The van der Waals surface area contributed by atoms with Crippen molar-refractivity contribution in [2.24, 2.45) is 5.41 Å². The monoisotopic (exact) mass is 464 g/mol. The molecule has 2 heterocycles. The van der Waals surface area contributed by atoms with Crippen LogP contribution in [0.25, 0.3) is 5.57 Å². The summed E-state index contributed by atoms with van der Waals surface area (Å²) in [6.07, 6.45) is 5.87. The zero-order valence-corrected chi connectivity index (χ0v) is 20.4. The lowest BCUT2D eigenvalue weighted by Gasteiger charge is -2.33. The highest BCUT2D eigenvalue weighted by Crippen LogP contribution is 2.30. The molecule has 1 aromatic heterocycles. The number of rotatable bonds is 11. The fourth-order valence-corrected chi connectivity index (χ4v) is 3.69. The van der Waals surface area contributed by atoms with Gasteiger partial charge < -0.3 is 25.0 Å². The van der Waals surface area contributed by atoms with E-state index in [9.17, 15) is 8.78 Å². The average molecular weight is 465 g/mol. The molecule has 0 atom stereocenters. The Balaban J connectivity index is 2.27. The van der Waals surface area contributed by atoms with E-state index >= 15 is 0 Å². The van der Waals surface area contributed by atoms with Crippen molar-refractivity contribution in [3.05, 3.63) is 48.6 Å². The number of anilines is 1. The van der Waals surface area contributed by atoms with Crippen molar-refractivity contribution < 1.29 is 18.3 Å². The number of alkyl halides is 2. The molecule has 0 amide bonds. The average Bonchev–Trinajstić information content (AvgIpc) is 2.74. The largest absolute Gasteiger partial charge is 0.431 e. The predicted molar refractivity (Wildman–Crippen MR) is 130 cm³/mol. The highest BCUT2D eigenvalue weighted by atomic mass is 19.3. The molecule has 1 fully saturated rings. The number of allylic oxidation sites excluding steroid dienone is 2. The van der Waals surface area contributed by atoms with Gasteiger partial charge in [0.2, 0.25) is 0 Å². The van der Waals surface area contributed by atoms with E-state index in [0.29, 0.717) is 31.7 Å². The quantitative estimate of drug-likeness (QED) is 0.466. The Kier molecular flexibility index (Phi) is 9.70. The molecule has 0 aromatic carbocycles. The van der Waals surface area contributed by atoms with Crippen molar-refractivity contribution in [2.75, 3.05) is 38.6 Å². The van der Waals surface area contributed by atoms with E-state index in [2.05, 4.69) is 53.4 Å². The van der Waals surface area contributed by atoms with Gasteiger partial charge in [-0.25, -0.2) is 4.98 Å². The first-order valence-corrected chi connectivity index (χ1v) is 11.4. The summed E-state index contributed by atoms with van der Waals surface area (Å²) >= 11 is 0. The van der Waals surface area contributed by atoms with Gasteiger partial charge in [-0.05, 0) is 29.9 Å². The zero-order chi connectivity index (χ0) is 24.6. The summed E-state index contributed by atoms with van der Waals surface area (Å²) in [6.45, 7) is 18.0. The fourth-order valence-electron chi connectivity index (χ4n) is 3.69. The van der Waals surface area contributed by atoms with E-state index in [0.717, 1.165) is 42.9 Å². The molecule has 2 rings (SSSR count). The molecular formula is C25H38F2N4O2. The van der Waals surface area contributed by atoms with Gasteiger partial charge in [-0.15, -0.1) is 0 Å². The summed E-state index contributed by atoms with van der Waals surface area (Å²) in [7, 11) is 0. The Morgan fingerprint density at radius 2 is 2.00 bits per heavy atom. The molecule has 0 unspecified atom stereocenters. The Morgan fingerprint density at radius 1 is 1.33 bits per heavy atom. The zero-order valence-electron chi connectivity index (χ0n) is 20.4. The van der Waals surface area contributed by atoms with Crippen LogP contribution in [-0.4, -0.2) is 54.2 Å². The molecule has 1 aromatic rings. The van der Waals surface area contributed by atoms with E-state index in [1.54, 1.807) is 6.20 Å². The Morgan fingerprint density at radius 3 is 2.58 bits per heavy atom. The van der Waals surface area contributed by atoms with Crippen LogP contribution in [0.15, 0.2) is 43.0 Å². The number of hydrogen-bond donors (Lipinski definition) is 1. The molecule has 0 aliphatic carbocycles. The minimum Gasteiger partial charge on any atom is -0.431 e. The van der Waals surface area contributed by atoms with E-state index in [1.807, 2.05) is 13.1 Å². The summed E-state index contributed by atoms with van der Waals surface area (Å²) in [5.74, 6) is -0.187. The fraction of sp³-hybridized carbons (Fsp3) is 0.560. The second-order valence-electron chi connectivity index (χ2n) is 9.41. The number of ether oxygens (including phenoxy) is 2. The van der Waals surface area contributed by atoms with Gasteiger partial charge in [-0.2, -0.15) is 8.78 Å². The highest BCUT2D eigenvalue weighted by Gasteiger charge is 2.19. The number of pyridine rings is 1. The number of nitrogens with two attached hydrogens (primary N) is 1. The Labute approximate surface area is 196 Å². The smallest absolute Gasteiger partial charge is 0.387 e. The molecule has 33 heavy (non-hydrogen) atoms. The van der Waals surface area contributed by atoms with Crippen LogP contribution in [0.1, 0.15) is 52.5 Å². The van der Waals surface area contributed by atoms with E-state index in [4.69, 9.17) is 10.5 Å². The SMILES string of the molecule is C=C(CC(C)(C)C)N(/C=C(\CC)c1cnc(N)c(OC(F)F)c1)CCC(=C)N1CCOCC1. The van der Waals surface area contributed by atoms with Crippen LogP contribution < -0.4 is 10.5 Å². The van der Waals surface area contributed by atoms with Gasteiger partial charge in [-0.3, -0.25) is 0 Å². The van der Waals surface area contributed by atoms with Crippen molar-refractivity contribution in [1.29, 1.82) is 0 Å². The summed E-state index contributed by atoms with van der Waals surface area (Å²) in [4.78, 5) is 8.45. The molecule has 0 bridgehead atoms. The molecule has 0 radical (unpaired) electrons. The van der Waals surface area contributed by atoms with E-state index in [1.165, 1.54) is 6.07 Å². The maximum Gasteiger partial charge on any atom is 0.387 e. The lowest BCUT2D eigenvalue weighted by Crippen LogP contribution is -2.36. The number of nitrogens with zero attached hydrogens (tertiary/aromatic N) is 3. The summed E-state index contributed by atoms with van der Waals surface area (Å²) in [6, 6.07) is 1.52. The first kappa shape index (κ1) is 26.6. The third-order valence-corrected chi connectivity index (χ3v) is 5.40. The van der Waals surface area contributed by atoms with Crippen LogP contribution in [0, 0.1) is 5.41 Å². The number of morpholine rings is 1. The minimum atomic E-state index is -2.97. The number of hydrogen-bond acceptors (Lipinski definition) is 6. The van der Waals surface area contributed by atoms with Crippen LogP contribution >= 0.6 is 0 Å². The van der Waals surface area contributed by atoms with Crippen molar-refractivity contribution in [3.8, 4) is 5.75 Å². The van der Waals surface area contributed by atoms with Crippen molar-refractivity contribution in [3.63, 3.8) is 0 Å². The first-order chi connectivity index (χ1) is 15.5. The normalized spacial score (nSPS) is 15.0. The summed E-state index contributed by atoms with van der Waals surface area (Å²) in [5, 5.41) is 0. The third-order valence-electron chi connectivity index (χ3n) is 5.40. The van der Waals surface area contributed by atoms with Crippen molar-refractivity contribution in [1.82, 2.24) is 14.8 Å². The molecule has 6 nitrogen and oxygen atoms in total. The molecule has 184 valence electrons. The predicted octanol–water partition coefficient (Wildman–Crippen LogP) is 5.50. The Hall–Kier alpha value is -2.61. The molecule has 1 saturated heterocycles. The number of nitrogen functional groups attached to an aromatic ring is 1. The van der Waals surface area contributed by atoms with Gasteiger partial charge in [0.15, 0.2) is 11.6 Å². The molecule has 2 N–H and O–H groups in total. The van der Waals surface area contributed by atoms with E-state index in [-0.39, 0.29) is 17.0 Å². The van der Waals surface area contributed by atoms with Crippen LogP contribution in [0.2, 0.25) is 0 Å². The molecule has 0 saturated carbocycles. The standard InChI is InChI=1S/C25H38F2N4O2/c1-7-20(21-14-22(33-24(26)27)23(28)29-16-21)17-31(19(3)15-25(4,5)6)9-8-18(2)30-10-12-32-13-11-30/h14,16-17,24H,2-3,7-13,15H2,1,4-6H3,(H2,28,29)/b20-17+. The minimum absolute atomic E-state index is 0.0645. The molecular weight excluding hydrogens is 426 g/mol. The van der Waals surface area contributed by atoms with Crippen LogP contribution in [0.3, 0.4) is 0 Å². The maximum atomic E-state index is 12.8. The maximum absolute atomic E-state index is 12.8. The second kappa shape index (κ2) is 12.0. The lowest BCUT2D eigenvalue weighted by molar-refractivity contribution is -0.0495. The summed E-state index contributed by atoms with van der Waals surface area (Å²) in [5.41, 5.74) is 9.44. The summed E-state index contributed by atoms with van der Waals surface area (Å²) < 4.78 is 35.5. The third kappa shape index (κ3) is 8.68. The highest BCUT2D eigenvalue weighted by molar-refractivity contribution is 5.67. The van der Waals surface area contributed by atoms with Crippen molar-refractivity contribution in [2.45, 2.75) is 53.6 Å². The lowest BCUT2D eigenvalue weighted by atomic mass is 9.90. The molecule has 8 heteroatoms. The molecule has 0 spiro atoms. The second-order valence-corrected chi connectivity index (χ2v) is 9.41. The van der Waals surface area contributed by atoms with Gasteiger partial charge in [0.05, 0.1) is 13.2 Å². The van der Waals surface area contributed by atoms with Gasteiger partial charge in [-0.1, -0.05) is 40.9 Å². The van der Waals surface area contributed by atoms with Crippen LogP contribution in [0.5, 0.6) is 5.75 Å². The molecule has 1 aliphatic heterocycles. The van der Waals surface area contributed by atoms with E-state index < -0.39 is 6.61 Å². The van der Waals surface area contributed by atoms with Gasteiger partial charge in [0.1, 0.15) is 0 Å². The van der Waals surface area contributed by atoms with Gasteiger partial charge >= 0.3 is 6.61 Å². The topological polar surface area (TPSA) is 63.9 Å². The van der Waals surface area contributed by atoms with Crippen LogP contribution in [0.4, 0.5) is 14.6 Å². The number of halogens is 2. The molecule has 1 aliphatic rings. The first-order valence-electron chi connectivity index (χ1n) is 11.4. The van der Waals surface area contributed by atoms with Gasteiger partial charge in [0.25, 0.3) is 0 Å². The number of aromatic nitrogens is 1. The van der Waals surface area contributed by atoms with Crippen LogP contribution in [-0.2, 0) is 4.74 Å². The van der Waals surface area contributed by atoms with Crippen molar-refractivity contribution >= 4 is 11.4 Å². The Bertz CT molecular complexity index is 843.